The zero-order valence-corrected chi connectivity index (χ0v) is 7.68. The molecule has 0 N–H and O–H groups in total. The minimum absolute atomic E-state index is 0.207. The second-order valence-electron chi connectivity index (χ2n) is 3.61. The molecule has 0 saturated heterocycles. The normalized spacial score (nSPS) is 13.4. The van der Waals surface area contributed by atoms with Crippen molar-refractivity contribution in [2.75, 3.05) is 27.7 Å². The van der Waals surface area contributed by atoms with E-state index in [-0.39, 0.29) is 5.41 Å². The summed E-state index contributed by atoms with van der Waals surface area (Å²) >= 11 is 0. The Kier molecular flexibility index (Phi) is 3.58. The van der Waals surface area contributed by atoms with Crippen LogP contribution < -0.4 is 0 Å². The minimum atomic E-state index is 0.207. The molecule has 2 heteroatoms. The van der Waals surface area contributed by atoms with Crippen LogP contribution in [0.4, 0.5) is 0 Å². The smallest absolute Gasteiger partial charge is 0.0273 e. The molecule has 0 aromatic heterocycles. The standard InChI is InChI=1S/C8H18N2/c1-8(2,6-9-3)7-10(4)5/h6H,7H2,1-5H3/b9-6-. The van der Waals surface area contributed by atoms with Crippen LogP contribution in [0.1, 0.15) is 13.8 Å². The zero-order valence-electron chi connectivity index (χ0n) is 7.68. The van der Waals surface area contributed by atoms with Crippen LogP contribution in [0.25, 0.3) is 0 Å². The lowest BCUT2D eigenvalue weighted by atomic mass is 9.95. The fourth-order valence-electron chi connectivity index (χ4n) is 1.21. The number of rotatable bonds is 3. The summed E-state index contributed by atoms with van der Waals surface area (Å²) in [6.45, 7) is 5.41. The third-order valence-corrected chi connectivity index (χ3v) is 1.20. The molecule has 0 aromatic carbocycles. The molecule has 0 fully saturated rings. The Morgan fingerprint density at radius 3 is 2.20 bits per heavy atom. The Labute approximate surface area is 63.9 Å². The van der Waals surface area contributed by atoms with E-state index in [0.29, 0.717) is 0 Å². The molecule has 0 bridgehead atoms. The fraction of sp³-hybridized carbons (Fsp3) is 0.875. The maximum atomic E-state index is 4.01. The summed E-state index contributed by atoms with van der Waals surface area (Å²) in [6.07, 6.45) is 1.99. The molecule has 0 spiro atoms. The summed E-state index contributed by atoms with van der Waals surface area (Å²) in [6, 6.07) is 0. The van der Waals surface area contributed by atoms with Crippen molar-refractivity contribution < 1.29 is 0 Å². The van der Waals surface area contributed by atoms with Gasteiger partial charge in [-0.05, 0) is 14.1 Å². The van der Waals surface area contributed by atoms with E-state index in [4.69, 9.17) is 0 Å². The lowest BCUT2D eigenvalue weighted by Crippen LogP contribution is -2.29. The Balaban J connectivity index is 3.86. The molecular weight excluding hydrogens is 124 g/mol. The van der Waals surface area contributed by atoms with Crippen molar-refractivity contribution in [3.63, 3.8) is 0 Å². The average Bonchev–Trinajstić information content (AvgIpc) is 1.59. The van der Waals surface area contributed by atoms with Gasteiger partial charge < -0.3 is 9.89 Å². The van der Waals surface area contributed by atoms with Gasteiger partial charge in [0.05, 0.1) is 0 Å². The maximum absolute atomic E-state index is 4.01. The summed E-state index contributed by atoms with van der Waals surface area (Å²) in [5, 5.41) is 0. The molecule has 0 rings (SSSR count). The van der Waals surface area contributed by atoms with Gasteiger partial charge in [0.1, 0.15) is 0 Å². The SMILES string of the molecule is C/N=C\C(C)(C)CN(C)C. The van der Waals surface area contributed by atoms with Crippen LogP contribution >= 0.6 is 0 Å². The summed E-state index contributed by atoms with van der Waals surface area (Å²) in [5.74, 6) is 0. The first-order valence-electron chi connectivity index (χ1n) is 3.56. The molecular formula is C8H18N2. The number of nitrogens with zero attached hydrogens (tertiary/aromatic N) is 2. The van der Waals surface area contributed by atoms with Crippen molar-refractivity contribution in [2.24, 2.45) is 10.4 Å². The lowest BCUT2D eigenvalue weighted by Gasteiger charge is -2.23. The molecule has 0 aliphatic rings. The molecule has 0 unspecified atom stereocenters. The van der Waals surface area contributed by atoms with Crippen molar-refractivity contribution in [1.82, 2.24) is 4.90 Å². The summed E-state index contributed by atoms with van der Waals surface area (Å²) in [5.41, 5.74) is 0.207. The van der Waals surface area contributed by atoms with E-state index in [1.54, 1.807) is 0 Å². The van der Waals surface area contributed by atoms with E-state index in [0.717, 1.165) is 6.54 Å². The van der Waals surface area contributed by atoms with E-state index in [1.807, 2.05) is 13.3 Å². The Morgan fingerprint density at radius 2 is 1.90 bits per heavy atom. The summed E-state index contributed by atoms with van der Waals surface area (Å²) in [4.78, 5) is 6.18. The van der Waals surface area contributed by atoms with Crippen LogP contribution in [0.15, 0.2) is 4.99 Å². The number of hydrogen-bond donors (Lipinski definition) is 0. The predicted molar refractivity (Wildman–Crippen MR) is 46.8 cm³/mol. The Hall–Kier alpha value is -0.370. The van der Waals surface area contributed by atoms with Crippen molar-refractivity contribution in [1.29, 1.82) is 0 Å². The number of aliphatic imine (C=N–C) groups is 1. The van der Waals surface area contributed by atoms with Crippen molar-refractivity contribution in [3.05, 3.63) is 0 Å². The highest BCUT2D eigenvalue weighted by atomic mass is 15.1. The highest BCUT2D eigenvalue weighted by molar-refractivity contribution is 5.64. The second-order valence-corrected chi connectivity index (χ2v) is 3.61. The first-order chi connectivity index (χ1) is 4.48. The van der Waals surface area contributed by atoms with Gasteiger partial charge in [0.25, 0.3) is 0 Å². The fourth-order valence-corrected chi connectivity index (χ4v) is 1.21. The van der Waals surface area contributed by atoms with Crippen LogP contribution in [0, 0.1) is 5.41 Å². The first kappa shape index (κ1) is 9.63. The predicted octanol–water partition coefficient (Wildman–Crippen LogP) is 1.27. The zero-order chi connectivity index (χ0) is 8.20. The monoisotopic (exact) mass is 142 g/mol. The highest BCUT2D eigenvalue weighted by Crippen LogP contribution is 2.11. The summed E-state index contributed by atoms with van der Waals surface area (Å²) in [7, 11) is 5.97. The third-order valence-electron chi connectivity index (χ3n) is 1.20. The maximum Gasteiger partial charge on any atom is 0.0273 e. The van der Waals surface area contributed by atoms with E-state index in [2.05, 4.69) is 37.8 Å². The van der Waals surface area contributed by atoms with Gasteiger partial charge in [-0.2, -0.15) is 0 Å². The first-order valence-corrected chi connectivity index (χ1v) is 3.56. The molecule has 0 aliphatic heterocycles. The third kappa shape index (κ3) is 4.50. The molecule has 0 radical (unpaired) electrons. The van der Waals surface area contributed by atoms with Gasteiger partial charge >= 0.3 is 0 Å². The van der Waals surface area contributed by atoms with Crippen molar-refractivity contribution in [3.8, 4) is 0 Å². The van der Waals surface area contributed by atoms with E-state index >= 15 is 0 Å². The topological polar surface area (TPSA) is 15.6 Å². The highest BCUT2D eigenvalue weighted by Gasteiger charge is 2.14. The van der Waals surface area contributed by atoms with Gasteiger partial charge in [-0.15, -0.1) is 0 Å². The van der Waals surface area contributed by atoms with Gasteiger partial charge in [-0.3, -0.25) is 0 Å². The molecule has 0 saturated carbocycles. The van der Waals surface area contributed by atoms with Gasteiger partial charge in [0, 0.05) is 25.2 Å². The largest absolute Gasteiger partial charge is 0.309 e. The second kappa shape index (κ2) is 3.71. The van der Waals surface area contributed by atoms with E-state index in [9.17, 15) is 0 Å². The van der Waals surface area contributed by atoms with Crippen LogP contribution in [0.5, 0.6) is 0 Å². The number of hydrogen-bond acceptors (Lipinski definition) is 2. The van der Waals surface area contributed by atoms with E-state index in [1.165, 1.54) is 0 Å². The Morgan fingerprint density at radius 1 is 1.40 bits per heavy atom. The van der Waals surface area contributed by atoms with Crippen molar-refractivity contribution in [2.45, 2.75) is 13.8 Å². The Bertz CT molecular complexity index is 114. The quantitative estimate of drug-likeness (QED) is 0.542. The van der Waals surface area contributed by atoms with E-state index < -0.39 is 0 Å². The van der Waals surface area contributed by atoms with Crippen LogP contribution in [-0.4, -0.2) is 38.8 Å². The molecule has 2 nitrogen and oxygen atoms in total. The molecule has 0 aromatic rings. The lowest BCUT2D eigenvalue weighted by molar-refractivity contribution is 0.315. The average molecular weight is 142 g/mol. The summed E-state index contributed by atoms with van der Waals surface area (Å²) < 4.78 is 0. The van der Waals surface area contributed by atoms with Crippen LogP contribution in [0.2, 0.25) is 0 Å². The van der Waals surface area contributed by atoms with Gasteiger partial charge in [0.15, 0.2) is 0 Å². The van der Waals surface area contributed by atoms with Gasteiger partial charge in [-0.25, -0.2) is 0 Å². The van der Waals surface area contributed by atoms with Crippen LogP contribution in [-0.2, 0) is 0 Å². The van der Waals surface area contributed by atoms with Gasteiger partial charge in [0.2, 0.25) is 0 Å². The van der Waals surface area contributed by atoms with Gasteiger partial charge in [-0.1, -0.05) is 13.8 Å². The van der Waals surface area contributed by atoms with Crippen LogP contribution in [0.3, 0.4) is 0 Å². The van der Waals surface area contributed by atoms with Crippen molar-refractivity contribution >= 4 is 6.21 Å². The molecule has 0 heterocycles. The molecule has 0 aliphatic carbocycles. The molecule has 0 amide bonds. The minimum Gasteiger partial charge on any atom is -0.309 e. The molecule has 60 valence electrons. The molecule has 10 heavy (non-hydrogen) atoms. The molecule has 0 atom stereocenters.